The number of carbonyl (C=O) groups excluding carboxylic acids is 1. The van der Waals surface area contributed by atoms with Gasteiger partial charge in [0.25, 0.3) is 5.91 Å². The Labute approximate surface area is 102 Å². The molecule has 2 aromatic rings. The highest BCUT2D eigenvalue weighted by Crippen LogP contribution is 2.18. The van der Waals surface area contributed by atoms with E-state index in [-0.39, 0.29) is 16.8 Å². The Morgan fingerprint density at radius 2 is 2.06 bits per heavy atom. The van der Waals surface area contributed by atoms with Crippen LogP contribution in [-0.2, 0) is 0 Å². The van der Waals surface area contributed by atoms with E-state index in [0.29, 0.717) is 5.69 Å². The monoisotopic (exact) mass is 246 g/mol. The van der Waals surface area contributed by atoms with Gasteiger partial charge in [-0.3, -0.25) is 4.79 Å². The molecule has 18 heavy (non-hydrogen) atoms. The van der Waals surface area contributed by atoms with Gasteiger partial charge in [0, 0.05) is 11.9 Å². The molecule has 0 unspecified atom stereocenters. The first kappa shape index (κ1) is 11.6. The van der Waals surface area contributed by atoms with Crippen LogP contribution < -0.4 is 11.5 Å². The average Bonchev–Trinajstić information content (AvgIpc) is 2.77. The normalized spacial score (nSPS) is 10.2. The number of nitrogen functional groups attached to an aromatic ring is 1. The highest BCUT2D eigenvalue weighted by Gasteiger charge is 2.14. The van der Waals surface area contributed by atoms with Crippen molar-refractivity contribution in [2.75, 3.05) is 5.73 Å². The third-order valence-electron chi connectivity index (χ3n) is 2.37. The molecule has 7 heteroatoms. The summed E-state index contributed by atoms with van der Waals surface area (Å²) in [6, 6.07) is 4.31. The predicted molar refractivity (Wildman–Crippen MR) is 63.5 cm³/mol. The van der Waals surface area contributed by atoms with Crippen LogP contribution in [0.5, 0.6) is 0 Å². The van der Waals surface area contributed by atoms with Crippen LogP contribution >= 0.6 is 0 Å². The maximum absolute atomic E-state index is 11.1. The molecule has 0 saturated carbocycles. The number of benzene rings is 1. The van der Waals surface area contributed by atoms with E-state index in [0.717, 1.165) is 0 Å². The third-order valence-corrected chi connectivity index (χ3v) is 2.37. The lowest BCUT2D eigenvalue weighted by atomic mass is 10.1. The molecule has 1 heterocycles. The molecule has 1 aromatic heterocycles. The maximum atomic E-state index is 11.1. The van der Waals surface area contributed by atoms with E-state index in [9.17, 15) is 9.59 Å². The summed E-state index contributed by atoms with van der Waals surface area (Å²) < 4.78 is 1.25. The molecule has 5 N–H and O–H groups in total. The fourth-order valence-electron chi connectivity index (χ4n) is 1.50. The number of aromatic carboxylic acids is 1. The van der Waals surface area contributed by atoms with Crippen molar-refractivity contribution in [3.05, 3.63) is 41.7 Å². The smallest absolute Gasteiger partial charge is 0.337 e. The highest BCUT2D eigenvalue weighted by atomic mass is 16.4. The van der Waals surface area contributed by atoms with Crippen molar-refractivity contribution in [3.8, 4) is 5.69 Å². The Hall–Kier alpha value is -2.83. The van der Waals surface area contributed by atoms with Crippen LogP contribution in [0.2, 0.25) is 0 Å². The van der Waals surface area contributed by atoms with Crippen molar-refractivity contribution in [2.24, 2.45) is 5.73 Å². The number of nitrogens with two attached hydrogens (primary N) is 2. The van der Waals surface area contributed by atoms with Crippen LogP contribution in [-0.4, -0.2) is 26.8 Å². The van der Waals surface area contributed by atoms with Gasteiger partial charge in [-0.25, -0.2) is 9.48 Å². The molecule has 0 aliphatic rings. The molecule has 0 atom stereocenters. The summed E-state index contributed by atoms with van der Waals surface area (Å²) in [7, 11) is 0. The van der Waals surface area contributed by atoms with Crippen molar-refractivity contribution >= 4 is 17.6 Å². The largest absolute Gasteiger partial charge is 0.478 e. The van der Waals surface area contributed by atoms with Gasteiger partial charge in [0.2, 0.25) is 0 Å². The molecule has 1 aromatic carbocycles. The van der Waals surface area contributed by atoms with Crippen molar-refractivity contribution in [1.29, 1.82) is 0 Å². The first-order valence-corrected chi connectivity index (χ1v) is 4.96. The van der Waals surface area contributed by atoms with Gasteiger partial charge in [0.05, 0.1) is 23.0 Å². The number of aromatic nitrogens is 2. The fraction of sp³-hybridized carbons (Fsp3) is 0. The van der Waals surface area contributed by atoms with E-state index in [1.54, 1.807) is 0 Å². The summed E-state index contributed by atoms with van der Waals surface area (Å²) in [5.41, 5.74) is 11.6. The zero-order valence-electron chi connectivity index (χ0n) is 9.20. The third kappa shape index (κ3) is 2.01. The molecular weight excluding hydrogens is 236 g/mol. The van der Waals surface area contributed by atoms with E-state index >= 15 is 0 Å². The van der Waals surface area contributed by atoms with Gasteiger partial charge in [0.1, 0.15) is 0 Å². The molecule has 7 nitrogen and oxygen atoms in total. The number of carboxylic acid groups (broad SMARTS) is 1. The first-order valence-electron chi connectivity index (χ1n) is 4.96. The molecule has 0 fully saturated rings. The molecular formula is C11H10N4O3. The number of anilines is 1. The van der Waals surface area contributed by atoms with Crippen LogP contribution in [0.3, 0.4) is 0 Å². The van der Waals surface area contributed by atoms with E-state index in [1.165, 1.54) is 35.3 Å². The zero-order valence-corrected chi connectivity index (χ0v) is 9.20. The van der Waals surface area contributed by atoms with Crippen molar-refractivity contribution < 1.29 is 14.7 Å². The Morgan fingerprint density at radius 3 is 2.61 bits per heavy atom. The van der Waals surface area contributed by atoms with Gasteiger partial charge in [-0.15, -0.1) is 0 Å². The quantitative estimate of drug-likeness (QED) is 0.669. The number of hydrogen-bond donors (Lipinski definition) is 3. The van der Waals surface area contributed by atoms with Gasteiger partial charge in [-0.2, -0.15) is 5.10 Å². The van der Waals surface area contributed by atoms with E-state index < -0.39 is 11.9 Å². The molecule has 0 spiro atoms. The lowest BCUT2D eigenvalue weighted by Gasteiger charge is -2.06. The molecule has 0 saturated heterocycles. The van der Waals surface area contributed by atoms with E-state index in [4.69, 9.17) is 16.6 Å². The number of rotatable bonds is 3. The summed E-state index contributed by atoms with van der Waals surface area (Å²) in [6.07, 6.45) is 2.61. The molecule has 0 aliphatic heterocycles. The van der Waals surface area contributed by atoms with Crippen LogP contribution in [0.1, 0.15) is 20.7 Å². The summed E-state index contributed by atoms with van der Waals surface area (Å²) in [5, 5.41) is 12.9. The fourth-order valence-corrected chi connectivity index (χ4v) is 1.50. The molecule has 0 aliphatic carbocycles. The zero-order chi connectivity index (χ0) is 13.3. The molecule has 0 radical (unpaired) electrons. The van der Waals surface area contributed by atoms with Crippen LogP contribution in [0, 0.1) is 0 Å². The summed E-state index contributed by atoms with van der Waals surface area (Å²) >= 11 is 0. The highest BCUT2D eigenvalue weighted by molar-refractivity contribution is 5.94. The Bertz CT molecular complexity index is 633. The van der Waals surface area contributed by atoms with Gasteiger partial charge in [0.15, 0.2) is 0 Å². The standard InChI is InChI=1S/C11H10N4O3/c12-7-1-2-8(11(17)18)9(3-7)15-5-6(4-14-15)10(13)16/h1-5H,12H2,(H2,13,16)(H,17,18). The lowest BCUT2D eigenvalue weighted by Crippen LogP contribution is -2.10. The first-order chi connectivity index (χ1) is 8.49. The number of hydrogen-bond acceptors (Lipinski definition) is 4. The van der Waals surface area contributed by atoms with E-state index in [1.807, 2.05) is 0 Å². The average molecular weight is 246 g/mol. The number of nitrogens with zero attached hydrogens (tertiary/aromatic N) is 2. The second-order valence-corrected chi connectivity index (χ2v) is 3.62. The van der Waals surface area contributed by atoms with Gasteiger partial charge < -0.3 is 16.6 Å². The number of amides is 1. The van der Waals surface area contributed by atoms with Crippen molar-refractivity contribution in [2.45, 2.75) is 0 Å². The molecule has 92 valence electrons. The minimum Gasteiger partial charge on any atom is -0.478 e. The minimum absolute atomic E-state index is 0.0309. The van der Waals surface area contributed by atoms with Crippen LogP contribution in [0.15, 0.2) is 30.6 Å². The SMILES string of the molecule is NC(=O)c1cnn(-c2cc(N)ccc2C(=O)O)c1. The van der Waals surface area contributed by atoms with Crippen LogP contribution in [0.4, 0.5) is 5.69 Å². The summed E-state index contributed by atoms with van der Waals surface area (Å²) in [6.45, 7) is 0. The van der Waals surface area contributed by atoms with Gasteiger partial charge in [-0.1, -0.05) is 0 Å². The topological polar surface area (TPSA) is 124 Å². The van der Waals surface area contributed by atoms with E-state index in [2.05, 4.69) is 5.10 Å². The Morgan fingerprint density at radius 1 is 1.33 bits per heavy atom. The van der Waals surface area contributed by atoms with Crippen LogP contribution in [0.25, 0.3) is 5.69 Å². The van der Waals surface area contributed by atoms with Crippen molar-refractivity contribution in [3.63, 3.8) is 0 Å². The van der Waals surface area contributed by atoms with Gasteiger partial charge in [-0.05, 0) is 18.2 Å². The minimum atomic E-state index is -1.11. The number of carbonyl (C=O) groups is 2. The lowest BCUT2D eigenvalue weighted by molar-refractivity contribution is 0.0696. The predicted octanol–water partition coefficient (Wildman–Crippen LogP) is 0.252. The summed E-state index contributed by atoms with van der Waals surface area (Å²) in [5.74, 6) is -1.75. The second-order valence-electron chi connectivity index (χ2n) is 3.62. The second kappa shape index (κ2) is 4.21. The maximum Gasteiger partial charge on any atom is 0.337 e. The Balaban J connectivity index is 2.57. The molecule has 1 amide bonds. The molecule has 0 bridgehead atoms. The number of primary amides is 1. The van der Waals surface area contributed by atoms with Gasteiger partial charge >= 0.3 is 5.97 Å². The van der Waals surface area contributed by atoms with Crippen molar-refractivity contribution in [1.82, 2.24) is 9.78 Å². The Kier molecular flexibility index (Phi) is 2.72. The molecule has 2 rings (SSSR count). The number of carboxylic acids is 1. The summed E-state index contributed by atoms with van der Waals surface area (Å²) in [4.78, 5) is 22.0.